The number of carbonyl (C=O) groups excluding carboxylic acids is 1. The van der Waals surface area contributed by atoms with Crippen molar-refractivity contribution in [3.8, 4) is 0 Å². The molecule has 1 N–H and O–H groups in total. The molecular formula is C15H26N2O3. The number of likely N-dealkylation sites (tertiary alicyclic amines) is 1. The van der Waals surface area contributed by atoms with Gasteiger partial charge in [-0.05, 0) is 39.0 Å². The van der Waals surface area contributed by atoms with Crippen molar-refractivity contribution in [2.75, 3.05) is 13.1 Å². The lowest BCUT2D eigenvalue weighted by Crippen LogP contribution is -2.52. The quantitative estimate of drug-likeness (QED) is 0.843. The molecule has 2 atom stereocenters. The van der Waals surface area contributed by atoms with Gasteiger partial charge in [0, 0.05) is 25.2 Å². The predicted molar refractivity (Wildman–Crippen MR) is 76.6 cm³/mol. The molecule has 1 saturated carbocycles. The first-order chi connectivity index (χ1) is 9.54. The number of amides is 2. The van der Waals surface area contributed by atoms with Crippen molar-refractivity contribution < 1.29 is 14.7 Å². The van der Waals surface area contributed by atoms with E-state index in [0.717, 1.165) is 32.2 Å². The number of aliphatic carboxylic acids is 1. The molecule has 5 heteroatoms. The summed E-state index contributed by atoms with van der Waals surface area (Å²) >= 11 is 0. The number of rotatable bonds is 5. The van der Waals surface area contributed by atoms with E-state index in [1.54, 1.807) is 0 Å². The van der Waals surface area contributed by atoms with E-state index in [1.807, 2.05) is 16.7 Å². The zero-order valence-corrected chi connectivity index (χ0v) is 12.5. The summed E-state index contributed by atoms with van der Waals surface area (Å²) in [4.78, 5) is 27.6. The van der Waals surface area contributed by atoms with Gasteiger partial charge >= 0.3 is 12.0 Å². The molecule has 2 unspecified atom stereocenters. The summed E-state index contributed by atoms with van der Waals surface area (Å²) < 4.78 is 0. The molecule has 0 aromatic carbocycles. The maximum Gasteiger partial charge on any atom is 0.320 e. The summed E-state index contributed by atoms with van der Waals surface area (Å²) in [6, 6.07) is 0.580. The molecule has 0 aromatic rings. The Morgan fingerprint density at radius 1 is 1.30 bits per heavy atom. The Morgan fingerprint density at radius 3 is 2.50 bits per heavy atom. The second-order valence-electron chi connectivity index (χ2n) is 6.16. The van der Waals surface area contributed by atoms with E-state index in [-0.39, 0.29) is 18.0 Å². The summed E-state index contributed by atoms with van der Waals surface area (Å²) in [6.45, 7) is 5.52. The largest absolute Gasteiger partial charge is 0.481 e. The van der Waals surface area contributed by atoms with Gasteiger partial charge in [0.25, 0.3) is 0 Å². The Kier molecular flexibility index (Phi) is 4.89. The third-order valence-electron chi connectivity index (χ3n) is 4.46. The first kappa shape index (κ1) is 15.1. The van der Waals surface area contributed by atoms with E-state index >= 15 is 0 Å². The lowest BCUT2D eigenvalue weighted by Gasteiger charge is -2.39. The standard InChI is InChI=1S/C15H26N2O3/c1-3-4-8-17(13-5-6-13)15(20)16-9-7-12(14(18)19)10-11(16)2/h11-13H,3-10H2,1-2H3,(H,18,19). The van der Waals surface area contributed by atoms with Crippen LogP contribution in [0.2, 0.25) is 0 Å². The first-order valence-corrected chi connectivity index (χ1v) is 7.84. The fraction of sp³-hybridized carbons (Fsp3) is 0.867. The van der Waals surface area contributed by atoms with E-state index in [2.05, 4.69) is 6.92 Å². The van der Waals surface area contributed by atoms with Crippen molar-refractivity contribution in [1.82, 2.24) is 9.80 Å². The second-order valence-corrected chi connectivity index (χ2v) is 6.16. The van der Waals surface area contributed by atoms with Crippen molar-refractivity contribution in [2.24, 2.45) is 5.92 Å². The zero-order valence-electron chi connectivity index (χ0n) is 12.5. The molecule has 1 aliphatic heterocycles. The number of nitrogens with zero attached hydrogens (tertiary/aromatic N) is 2. The molecule has 1 saturated heterocycles. The van der Waals surface area contributed by atoms with Gasteiger partial charge in [-0.3, -0.25) is 4.79 Å². The molecule has 1 aliphatic carbocycles. The third-order valence-corrected chi connectivity index (χ3v) is 4.46. The van der Waals surface area contributed by atoms with Crippen LogP contribution in [-0.4, -0.2) is 52.1 Å². The lowest BCUT2D eigenvalue weighted by molar-refractivity contribution is -0.143. The number of hydrogen-bond acceptors (Lipinski definition) is 2. The number of carbonyl (C=O) groups is 2. The zero-order chi connectivity index (χ0) is 14.7. The number of carboxylic acids is 1. The van der Waals surface area contributed by atoms with Crippen LogP contribution in [0, 0.1) is 5.92 Å². The highest BCUT2D eigenvalue weighted by Gasteiger charge is 2.38. The summed E-state index contributed by atoms with van der Waals surface area (Å²) in [5.41, 5.74) is 0. The Bertz CT molecular complexity index is 368. The van der Waals surface area contributed by atoms with E-state index in [0.29, 0.717) is 25.4 Å². The molecule has 0 spiro atoms. The van der Waals surface area contributed by atoms with Gasteiger partial charge in [-0.25, -0.2) is 4.79 Å². The van der Waals surface area contributed by atoms with Crippen LogP contribution in [-0.2, 0) is 4.79 Å². The fourth-order valence-electron chi connectivity index (χ4n) is 2.99. The Balaban J connectivity index is 1.95. The Labute approximate surface area is 120 Å². The molecule has 2 fully saturated rings. The van der Waals surface area contributed by atoms with E-state index in [9.17, 15) is 9.59 Å². The predicted octanol–water partition coefficient (Wildman–Crippen LogP) is 2.56. The molecule has 2 aliphatic rings. The SMILES string of the molecule is CCCCN(C(=O)N1CCC(C(=O)O)CC1C)C1CC1. The van der Waals surface area contributed by atoms with Crippen LogP contribution in [0.4, 0.5) is 4.79 Å². The van der Waals surface area contributed by atoms with Crippen LogP contribution in [0.25, 0.3) is 0 Å². The highest BCUT2D eigenvalue weighted by Crippen LogP contribution is 2.30. The maximum absolute atomic E-state index is 12.7. The van der Waals surface area contributed by atoms with Gasteiger partial charge in [0.15, 0.2) is 0 Å². The maximum atomic E-state index is 12.7. The van der Waals surface area contributed by atoms with Crippen molar-refractivity contribution >= 4 is 12.0 Å². The smallest absolute Gasteiger partial charge is 0.320 e. The van der Waals surface area contributed by atoms with Gasteiger partial charge in [-0.2, -0.15) is 0 Å². The Morgan fingerprint density at radius 2 is 2.00 bits per heavy atom. The van der Waals surface area contributed by atoms with Crippen molar-refractivity contribution in [2.45, 2.75) is 64.5 Å². The number of carboxylic acid groups (broad SMARTS) is 1. The van der Waals surface area contributed by atoms with E-state index < -0.39 is 5.97 Å². The molecule has 0 radical (unpaired) electrons. The van der Waals surface area contributed by atoms with Crippen LogP contribution in [0.1, 0.15) is 52.4 Å². The van der Waals surface area contributed by atoms with Gasteiger partial charge in [-0.15, -0.1) is 0 Å². The average molecular weight is 282 g/mol. The van der Waals surface area contributed by atoms with Crippen LogP contribution in [0.15, 0.2) is 0 Å². The van der Waals surface area contributed by atoms with Crippen molar-refractivity contribution in [3.05, 3.63) is 0 Å². The average Bonchev–Trinajstić information content (AvgIpc) is 3.23. The highest BCUT2D eigenvalue weighted by atomic mass is 16.4. The molecule has 114 valence electrons. The van der Waals surface area contributed by atoms with Gasteiger partial charge in [0.2, 0.25) is 0 Å². The van der Waals surface area contributed by atoms with Crippen LogP contribution >= 0.6 is 0 Å². The van der Waals surface area contributed by atoms with Gasteiger partial charge in [0.05, 0.1) is 5.92 Å². The van der Waals surface area contributed by atoms with Gasteiger partial charge < -0.3 is 14.9 Å². The topological polar surface area (TPSA) is 60.9 Å². The number of hydrogen-bond donors (Lipinski definition) is 1. The third kappa shape index (κ3) is 3.44. The van der Waals surface area contributed by atoms with Crippen LogP contribution in [0.5, 0.6) is 0 Å². The number of piperidine rings is 1. The monoisotopic (exact) mass is 282 g/mol. The molecule has 0 aromatic heterocycles. The first-order valence-electron chi connectivity index (χ1n) is 7.84. The van der Waals surface area contributed by atoms with E-state index in [1.165, 1.54) is 0 Å². The molecule has 1 heterocycles. The van der Waals surface area contributed by atoms with Crippen molar-refractivity contribution in [3.63, 3.8) is 0 Å². The number of urea groups is 1. The molecule has 2 rings (SSSR count). The van der Waals surface area contributed by atoms with Crippen LogP contribution < -0.4 is 0 Å². The lowest BCUT2D eigenvalue weighted by atomic mass is 9.92. The fourth-order valence-corrected chi connectivity index (χ4v) is 2.99. The summed E-state index contributed by atoms with van der Waals surface area (Å²) in [6.07, 6.45) is 5.53. The Hall–Kier alpha value is -1.26. The minimum Gasteiger partial charge on any atom is -0.481 e. The molecule has 0 bridgehead atoms. The molecule has 2 amide bonds. The molecular weight excluding hydrogens is 256 g/mol. The second kappa shape index (κ2) is 6.46. The number of unbranched alkanes of at least 4 members (excludes halogenated alkanes) is 1. The van der Waals surface area contributed by atoms with Crippen molar-refractivity contribution in [1.29, 1.82) is 0 Å². The van der Waals surface area contributed by atoms with Gasteiger partial charge in [0.1, 0.15) is 0 Å². The minimum atomic E-state index is -0.728. The van der Waals surface area contributed by atoms with Gasteiger partial charge in [-0.1, -0.05) is 13.3 Å². The normalized spacial score (nSPS) is 26.4. The summed E-state index contributed by atoms with van der Waals surface area (Å²) in [5, 5.41) is 9.09. The molecule has 20 heavy (non-hydrogen) atoms. The summed E-state index contributed by atoms with van der Waals surface area (Å²) in [7, 11) is 0. The minimum absolute atomic E-state index is 0.0280. The summed E-state index contributed by atoms with van der Waals surface area (Å²) in [5.74, 6) is -1.02. The van der Waals surface area contributed by atoms with E-state index in [4.69, 9.17) is 5.11 Å². The van der Waals surface area contributed by atoms with Crippen LogP contribution in [0.3, 0.4) is 0 Å². The highest BCUT2D eigenvalue weighted by molar-refractivity contribution is 5.76. The molecule has 5 nitrogen and oxygen atoms in total.